The van der Waals surface area contributed by atoms with Gasteiger partial charge in [0.15, 0.2) is 0 Å². The van der Waals surface area contributed by atoms with Gasteiger partial charge >= 0.3 is 0 Å². The third-order valence-electron chi connectivity index (χ3n) is 4.89. The van der Waals surface area contributed by atoms with E-state index in [1.807, 2.05) is 66.7 Å². The number of nitrogens with zero attached hydrogens (tertiary/aromatic N) is 2. The van der Waals surface area contributed by atoms with Crippen LogP contribution in [0.5, 0.6) is 0 Å². The van der Waals surface area contributed by atoms with Crippen LogP contribution in [-0.4, -0.2) is 10.9 Å². The van der Waals surface area contributed by atoms with E-state index in [2.05, 4.69) is 4.98 Å². The maximum Gasteiger partial charge on any atom is 0.263 e. The molecule has 1 aliphatic rings. The number of anilines is 1. The molecule has 0 aliphatic carbocycles. The summed E-state index contributed by atoms with van der Waals surface area (Å²) in [6, 6.07) is 23.5. The molecule has 0 bridgehead atoms. The second-order valence-electron chi connectivity index (χ2n) is 6.62. The molecule has 4 heteroatoms. The highest BCUT2D eigenvalue weighted by atomic mass is 19.1. The van der Waals surface area contributed by atoms with Gasteiger partial charge in [0.25, 0.3) is 5.91 Å². The number of halogens is 1. The number of amides is 1. The molecule has 5 rings (SSSR count). The first kappa shape index (κ1) is 16.4. The van der Waals surface area contributed by atoms with Gasteiger partial charge < -0.3 is 0 Å². The number of hydrogen-bond acceptors (Lipinski definition) is 2. The molecule has 0 atom stereocenters. The summed E-state index contributed by atoms with van der Waals surface area (Å²) in [5.41, 5.74) is 4.05. The summed E-state index contributed by atoms with van der Waals surface area (Å²) >= 11 is 0. The SMILES string of the molecule is O=C1c2ccc(F)cc2/C(=C\c2ccccc2)N1c1cccc2cccnc12. The number of benzene rings is 3. The Labute approximate surface area is 161 Å². The minimum absolute atomic E-state index is 0.185. The molecule has 0 saturated heterocycles. The smallest absolute Gasteiger partial charge is 0.263 e. The minimum Gasteiger partial charge on any atom is -0.274 e. The average Bonchev–Trinajstić information content (AvgIpc) is 2.99. The predicted octanol–water partition coefficient (Wildman–Crippen LogP) is 5.53. The molecule has 0 saturated carbocycles. The molecular formula is C24H15FN2O. The molecule has 1 aliphatic heterocycles. The number of pyridine rings is 1. The van der Waals surface area contributed by atoms with E-state index < -0.39 is 0 Å². The van der Waals surface area contributed by atoms with E-state index in [0.717, 1.165) is 16.5 Å². The Morgan fingerprint density at radius 2 is 1.68 bits per heavy atom. The summed E-state index contributed by atoms with van der Waals surface area (Å²) in [5.74, 6) is -0.557. The largest absolute Gasteiger partial charge is 0.274 e. The zero-order valence-corrected chi connectivity index (χ0v) is 14.8. The van der Waals surface area contributed by atoms with Gasteiger partial charge in [0, 0.05) is 22.7 Å². The molecule has 0 unspecified atom stereocenters. The molecule has 1 aromatic heterocycles. The first-order valence-corrected chi connectivity index (χ1v) is 8.97. The van der Waals surface area contributed by atoms with Crippen molar-refractivity contribution in [2.45, 2.75) is 0 Å². The van der Waals surface area contributed by atoms with E-state index in [1.165, 1.54) is 12.1 Å². The van der Waals surface area contributed by atoms with Crippen LogP contribution in [0.3, 0.4) is 0 Å². The van der Waals surface area contributed by atoms with Crippen LogP contribution in [0.1, 0.15) is 21.5 Å². The Kier molecular flexibility index (Phi) is 3.76. The van der Waals surface area contributed by atoms with Crippen LogP contribution in [0.25, 0.3) is 22.7 Å². The number of carbonyl (C=O) groups excluding carboxylic acids is 1. The molecule has 1 amide bonds. The van der Waals surface area contributed by atoms with Crippen LogP contribution in [0, 0.1) is 5.82 Å². The number of carbonyl (C=O) groups is 1. The summed E-state index contributed by atoms with van der Waals surface area (Å²) in [6.45, 7) is 0. The second kappa shape index (κ2) is 6.43. The van der Waals surface area contributed by atoms with Crippen molar-refractivity contribution in [2.75, 3.05) is 4.90 Å². The summed E-state index contributed by atoms with van der Waals surface area (Å²) in [4.78, 5) is 19.4. The first-order valence-electron chi connectivity index (χ1n) is 8.97. The fourth-order valence-electron chi connectivity index (χ4n) is 3.62. The van der Waals surface area contributed by atoms with E-state index >= 15 is 0 Å². The van der Waals surface area contributed by atoms with Gasteiger partial charge in [0.2, 0.25) is 0 Å². The first-order chi connectivity index (χ1) is 13.7. The van der Waals surface area contributed by atoms with Crippen molar-refractivity contribution in [3.8, 4) is 0 Å². The van der Waals surface area contributed by atoms with E-state index in [-0.39, 0.29) is 11.7 Å². The van der Waals surface area contributed by atoms with Gasteiger partial charge in [-0.05, 0) is 42.0 Å². The quantitative estimate of drug-likeness (QED) is 0.467. The van der Waals surface area contributed by atoms with Crippen LogP contribution < -0.4 is 4.90 Å². The van der Waals surface area contributed by atoms with Gasteiger partial charge in [-0.25, -0.2) is 4.39 Å². The molecule has 0 radical (unpaired) electrons. The van der Waals surface area contributed by atoms with Gasteiger partial charge in [-0.2, -0.15) is 0 Å². The molecule has 28 heavy (non-hydrogen) atoms. The lowest BCUT2D eigenvalue weighted by Crippen LogP contribution is -2.22. The van der Waals surface area contributed by atoms with Gasteiger partial charge in [0.05, 0.1) is 16.9 Å². The highest BCUT2D eigenvalue weighted by molar-refractivity contribution is 6.26. The van der Waals surface area contributed by atoms with Crippen LogP contribution >= 0.6 is 0 Å². The Morgan fingerprint density at radius 3 is 2.54 bits per heavy atom. The number of aromatic nitrogens is 1. The van der Waals surface area contributed by atoms with Crippen LogP contribution in [0.15, 0.2) is 85.1 Å². The molecule has 134 valence electrons. The third kappa shape index (κ3) is 2.58. The standard InChI is InChI=1S/C24H15FN2O/c25-18-11-12-19-20(15-18)22(14-16-6-2-1-3-7-16)27(24(19)28)21-10-4-8-17-9-5-13-26-23(17)21/h1-15H/b22-14+. The Bertz CT molecular complexity index is 1240. The summed E-state index contributed by atoms with van der Waals surface area (Å²) in [6.07, 6.45) is 3.62. The zero-order valence-electron chi connectivity index (χ0n) is 14.8. The topological polar surface area (TPSA) is 33.2 Å². The van der Waals surface area contributed by atoms with Crippen molar-refractivity contribution >= 4 is 34.3 Å². The van der Waals surface area contributed by atoms with Crippen molar-refractivity contribution in [1.29, 1.82) is 0 Å². The molecule has 0 N–H and O–H groups in total. The monoisotopic (exact) mass is 366 g/mol. The molecule has 2 heterocycles. The lowest BCUT2D eigenvalue weighted by Gasteiger charge is -2.20. The van der Waals surface area contributed by atoms with Gasteiger partial charge in [-0.1, -0.05) is 48.5 Å². The second-order valence-corrected chi connectivity index (χ2v) is 6.62. The molecule has 3 aromatic carbocycles. The van der Waals surface area contributed by atoms with Crippen LogP contribution in [0.4, 0.5) is 10.1 Å². The molecule has 4 aromatic rings. The summed E-state index contributed by atoms with van der Waals surface area (Å²) < 4.78 is 14.0. The fraction of sp³-hybridized carbons (Fsp3) is 0. The van der Waals surface area contributed by atoms with Crippen molar-refractivity contribution in [3.63, 3.8) is 0 Å². The van der Waals surface area contributed by atoms with E-state index in [1.54, 1.807) is 17.2 Å². The Morgan fingerprint density at radius 1 is 0.857 bits per heavy atom. The molecule has 0 spiro atoms. The van der Waals surface area contributed by atoms with E-state index in [0.29, 0.717) is 22.5 Å². The highest BCUT2D eigenvalue weighted by Crippen LogP contribution is 2.40. The molecular weight excluding hydrogens is 351 g/mol. The summed E-state index contributed by atoms with van der Waals surface area (Å²) in [7, 11) is 0. The van der Waals surface area contributed by atoms with Gasteiger partial charge in [-0.15, -0.1) is 0 Å². The third-order valence-corrected chi connectivity index (χ3v) is 4.89. The maximum atomic E-state index is 14.0. The number of rotatable bonds is 2. The average molecular weight is 366 g/mol. The maximum absolute atomic E-state index is 14.0. The van der Waals surface area contributed by atoms with Gasteiger partial charge in [-0.3, -0.25) is 14.7 Å². The van der Waals surface area contributed by atoms with E-state index in [9.17, 15) is 9.18 Å². The lowest BCUT2D eigenvalue weighted by atomic mass is 10.1. The summed E-state index contributed by atoms with van der Waals surface area (Å²) in [5, 5.41) is 0.939. The van der Waals surface area contributed by atoms with Crippen molar-refractivity contribution in [2.24, 2.45) is 0 Å². The normalized spacial score (nSPS) is 14.7. The fourth-order valence-corrected chi connectivity index (χ4v) is 3.62. The van der Waals surface area contributed by atoms with E-state index in [4.69, 9.17) is 0 Å². The predicted molar refractivity (Wildman–Crippen MR) is 109 cm³/mol. The minimum atomic E-state index is -0.372. The molecule has 3 nitrogen and oxygen atoms in total. The number of fused-ring (bicyclic) bond motifs is 2. The Hall–Kier alpha value is -3.79. The zero-order chi connectivity index (χ0) is 19.1. The highest BCUT2D eigenvalue weighted by Gasteiger charge is 2.34. The van der Waals surface area contributed by atoms with Crippen molar-refractivity contribution < 1.29 is 9.18 Å². The van der Waals surface area contributed by atoms with Crippen molar-refractivity contribution in [3.05, 3.63) is 108 Å². The number of hydrogen-bond donors (Lipinski definition) is 0. The number of para-hydroxylation sites is 1. The lowest BCUT2D eigenvalue weighted by molar-refractivity contribution is 0.101. The Balaban J connectivity index is 1.78. The molecule has 0 fully saturated rings. The van der Waals surface area contributed by atoms with Crippen LogP contribution in [-0.2, 0) is 0 Å². The van der Waals surface area contributed by atoms with Gasteiger partial charge in [0.1, 0.15) is 5.82 Å². The van der Waals surface area contributed by atoms with Crippen molar-refractivity contribution in [1.82, 2.24) is 4.98 Å². The van der Waals surface area contributed by atoms with Crippen LogP contribution in [0.2, 0.25) is 0 Å².